The van der Waals surface area contributed by atoms with Crippen LogP contribution in [0.25, 0.3) is 5.57 Å². The molecule has 1 rings (SSSR count). The molecule has 0 aromatic heterocycles. The monoisotopic (exact) mass is 329 g/mol. The van der Waals surface area contributed by atoms with Gasteiger partial charge in [-0.1, -0.05) is 42.8 Å². The number of rotatable bonds is 7. The second kappa shape index (κ2) is 10.0. The van der Waals surface area contributed by atoms with E-state index in [1.54, 1.807) is 0 Å². The van der Waals surface area contributed by atoms with Gasteiger partial charge in [-0.05, 0) is 71.7 Å². The number of benzene rings is 1. The highest BCUT2D eigenvalue weighted by Gasteiger charge is 2.22. The van der Waals surface area contributed by atoms with E-state index in [0.717, 1.165) is 17.6 Å². The molecule has 24 heavy (non-hydrogen) atoms. The fourth-order valence-corrected chi connectivity index (χ4v) is 1.95. The summed E-state index contributed by atoms with van der Waals surface area (Å²) in [6.07, 6.45) is 1.14. The van der Waals surface area contributed by atoms with E-state index in [0.29, 0.717) is 5.88 Å². The Hall–Kier alpha value is -1.96. The van der Waals surface area contributed by atoms with Crippen LogP contribution in [0.4, 0.5) is 0 Å². The summed E-state index contributed by atoms with van der Waals surface area (Å²) in [5.41, 5.74) is 4.34. The molecule has 2 heteroatoms. The quantitative estimate of drug-likeness (QED) is 0.461. The number of hydrogen-bond acceptors (Lipinski definition) is 2. The Labute approximate surface area is 149 Å². The smallest absolute Gasteiger partial charge is 0.180 e. The van der Waals surface area contributed by atoms with E-state index in [1.165, 1.54) is 11.1 Å². The van der Waals surface area contributed by atoms with Crippen LogP contribution in [0.15, 0.2) is 55.5 Å². The first-order valence-corrected chi connectivity index (χ1v) is 8.51. The van der Waals surface area contributed by atoms with Crippen molar-refractivity contribution in [3.63, 3.8) is 0 Å². The van der Waals surface area contributed by atoms with Crippen molar-refractivity contribution in [2.75, 3.05) is 0 Å². The highest BCUT2D eigenvalue weighted by Crippen LogP contribution is 2.24. The average molecular weight is 330 g/mol. The van der Waals surface area contributed by atoms with Gasteiger partial charge in [0.1, 0.15) is 0 Å². The van der Waals surface area contributed by atoms with Gasteiger partial charge in [-0.3, -0.25) is 0 Å². The van der Waals surface area contributed by atoms with E-state index < -0.39 is 0 Å². The van der Waals surface area contributed by atoms with E-state index in [-0.39, 0.29) is 11.6 Å². The third-order valence-electron chi connectivity index (χ3n) is 3.45. The molecule has 0 amide bonds. The van der Waals surface area contributed by atoms with Gasteiger partial charge in [0.05, 0.1) is 11.6 Å². The summed E-state index contributed by atoms with van der Waals surface area (Å²) in [4.78, 5) is 0. The largest absolute Gasteiger partial charge is 0.477 e. The summed E-state index contributed by atoms with van der Waals surface area (Å²) in [5, 5.41) is 3.36. The maximum atomic E-state index is 5.71. The van der Waals surface area contributed by atoms with Gasteiger partial charge in [0.15, 0.2) is 5.88 Å². The van der Waals surface area contributed by atoms with Crippen molar-refractivity contribution >= 4 is 5.57 Å². The van der Waals surface area contributed by atoms with Gasteiger partial charge < -0.3 is 10.1 Å². The molecule has 1 unspecified atom stereocenters. The van der Waals surface area contributed by atoms with Gasteiger partial charge in [-0.2, -0.15) is 0 Å². The number of ether oxygens (including phenoxy) is 1. The molecule has 0 aliphatic heterocycles. The molecule has 1 aromatic rings. The fourth-order valence-electron chi connectivity index (χ4n) is 1.95. The van der Waals surface area contributed by atoms with Crippen LogP contribution in [0.5, 0.6) is 0 Å². The van der Waals surface area contributed by atoms with Crippen molar-refractivity contribution in [1.82, 2.24) is 5.32 Å². The normalized spacial score (nSPS) is 11.6. The van der Waals surface area contributed by atoms with Crippen molar-refractivity contribution in [2.45, 2.75) is 66.5 Å². The number of hydrogen-bond donors (Lipinski definition) is 1. The van der Waals surface area contributed by atoms with Crippen molar-refractivity contribution in [3.05, 3.63) is 66.6 Å². The zero-order valence-corrected chi connectivity index (χ0v) is 16.6. The summed E-state index contributed by atoms with van der Waals surface area (Å²) in [6, 6.07) is 8.40. The topological polar surface area (TPSA) is 21.3 Å². The Morgan fingerprint density at radius 2 is 1.71 bits per heavy atom. The van der Waals surface area contributed by atoms with Gasteiger partial charge in [0, 0.05) is 0 Å². The molecule has 0 fully saturated rings. The minimum atomic E-state index is -0.240. The first kappa shape index (κ1) is 22.0. The van der Waals surface area contributed by atoms with Crippen LogP contribution >= 0.6 is 0 Å². The Kier molecular flexibility index (Phi) is 9.20. The first-order chi connectivity index (χ1) is 11.0. The van der Waals surface area contributed by atoms with Crippen molar-refractivity contribution in [1.29, 1.82) is 0 Å². The Balaban J connectivity index is 0.00000118. The number of allylic oxidation sites excluding steroid dienone is 2. The molecule has 0 spiro atoms. The minimum Gasteiger partial charge on any atom is -0.477 e. The number of nitrogens with one attached hydrogen (secondary N) is 1. The van der Waals surface area contributed by atoms with Crippen LogP contribution in [0.2, 0.25) is 0 Å². The lowest BCUT2D eigenvalue weighted by atomic mass is 9.92. The lowest BCUT2D eigenvalue weighted by molar-refractivity contribution is 0.102. The summed E-state index contributed by atoms with van der Waals surface area (Å²) in [6.45, 7) is 25.9. The zero-order valence-electron chi connectivity index (χ0n) is 16.6. The van der Waals surface area contributed by atoms with Crippen LogP contribution in [0.1, 0.15) is 66.0 Å². The van der Waals surface area contributed by atoms with Crippen molar-refractivity contribution in [2.24, 2.45) is 0 Å². The zero-order chi connectivity index (χ0) is 18.9. The Bertz CT molecular complexity index is 565. The average Bonchev–Trinajstić information content (AvgIpc) is 2.45. The summed E-state index contributed by atoms with van der Waals surface area (Å²) in [5.74, 6) is 0.616. The Morgan fingerprint density at radius 1 is 1.17 bits per heavy atom. The maximum Gasteiger partial charge on any atom is 0.180 e. The van der Waals surface area contributed by atoms with Gasteiger partial charge in [0.2, 0.25) is 0 Å². The van der Waals surface area contributed by atoms with E-state index in [2.05, 4.69) is 70.1 Å². The summed E-state index contributed by atoms with van der Waals surface area (Å²) in [7, 11) is 0. The van der Waals surface area contributed by atoms with Gasteiger partial charge in [0.25, 0.3) is 0 Å². The van der Waals surface area contributed by atoms with E-state index in [1.807, 2.05) is 27.7 Å². The molecule has 2 nitrogen and oxygen atoms in total. The molecular weight excluding hydrogens is 294 g/mol. The van der Waals surface area contributed by atoms with E-state index >= 15 is 0 Å². The van der Waals surface area contributed by atoms with Crippen LogP contribution in [0.3, 0.4) is 0 Å². The van der Waals surface area contributed by atoms with Crippen molar-refractivity contribution in [3.8, 4) is 0 Å². The van der Waals surface area contributed by atoms with Crippen LogP contribution < -0.4 is 5.32 Å². The summed E-state index contributed by atoms with van der Waals surface area (Å²) < 4.78 is 5.71. The van der Waals surface area contributed by atoms with Crippen molar-refractivity contribution < 1.29 is 4.74 Å². The van der Waals surface area contributed by atoms with Gasteiger partial charge in [-0.15, -0.1) is 6.58 Å². The molecule has 0 bridgehead atoms. The third-order valence-corrected chi connectivity index (χ3v) is 3.45. The van der Waals surface area contributed by atoms with Crippen LogP contribution in [-0.4, -0.2) is 6.10 Å². The molecule has 0 heterocycles. The molecule has 1 aromatic carbocycles. The molecule has 1 N–H and O–H groups in total. The van der Waals surface area contributed by atoms with E-state index in [9.17, 15) is 0 Å². The maximum absolute atomic E-state index is 5.71. The third kappa shape index (κ3) is 8.61. The standard InChI is InChI=1S/C18H27NO.C4H8/c1-8-14(4)20-15(5)19-18(6,7)17-11-9-10-16(12-17)13(2)3;1-4(2)3/h9-12,14,19H,2,5,8H2,1,3-4,6-7H3;1H2,2-3H3. The first-order valence-electron chi connectivity index (χ1n) is 8.51. The van der Waals surface area contributed by atoms with E-state index in [4.69, 9.17) is 4.74 Å². The molecule has 1 atom stereocenters. The summed E-state index contributed by atoms with van der Waals surface area (Å²) >= 11 is 0. The molecule has 0 radical (unpaired) electrons. The van der Waals surface area contributed by atoms with Gasteiger partial charge >= 0.3 is 0 Å². The molecule has 0 aliphatic rings. The molecule has 0 saturated carbocycles. The molecule has 0 saturated heterocycles. The lowest BCUT2D eigenvalue weighted by Gasteiger charge is -2.30. The van der Waals surface area contributed by atoms with Gasteiger partial charge in [-0.25, -0.2) is 0 Å². The predicted octanol–water partition coefficient (Wildman–Crippen LogP) is 6.41. The minimum absolute atomic E-state index is 0.174. The highest BCUT2D eigenvalue weighted by atomic mass is 16.5. The Morgan fingerprint density at radius 3 is 2.17 bits per heavy atom. The van der Waals surface area contributed by atoms with Crippen LogP contribution in [-0.2, 0) is 10.3 Å². The SMILES string of the molecule is C=C(C)C.C=C(NC(C)(C)c1cccc(C(=C)C)c1)OC(C)CC. The second-order valence-corrected chi connectivity index (χ2v) is 7.08. The second-order valence-electron chi connectivity index (χ2n) is 7.08. The molecular formula is C22H35NO. The molecule has 0 aliphatic carbocycles. The fraction of sp³-hybridized carbons (Fsp3) is 0.455. The predicted molar refractivity (Wildman–Crippen MR) is 108 cm³/mol. The lowest BCUT2D eigenvalue weighted by Crippen LogP contribution is -2.37. The molecule has 134 valence electrons. The highest BCUT2D eigenvalue weighted by molar-refractivity contribution is 5.62. The van der Waals surface area contributed by atoms with Crippen LogP contribution in [0, 0.1) is 0 Å².